The van der Waals surface area contributed by atoms with E-state index in [1.165, 1.54) is 0 Å². The molecule has 0 saturated heterocycles. The maximum absolute atomic E-state index is 12.4. The summed E-state index contributed by atoms with van der Waals surface area (Å²) >= 11 is 9.34. The minimum absolute atomic E-state index is 0.0595. The monoisotopic (exact) mass is 323 g/mol. The fraction of sp³-hybridized carbons (Fsp3) is 0.0714. The summed E-state index contributed by atoms with van der Waals surface area (Å²) in [6.45, 7) is 1.90. The van der Waals surface area contributed by atoms with Crippen LogP contribution in [0.3, 0.4) is 0 Å². The molecule has 0 atom stereocenters. The number of nitrogen functional groups attached to an aromatic ring is 1. The Bertz CT molecular complexity index is 625. The number of anilines is 1. The number of halogens is 2. The van der Waals surface area contributed by atoms with E-state index in [2.05, 4.69) is 15.9 Å². The summed E-state index contributed by atoms with van der Waals surface area (Å²) in [6.07, 6.45) is 0. The smallest absolute Gasteiger partial charge is 0.193 e. The van der Waals surface area contributed by atoms with E-state index in [9.17, 15) is 4.79 Å². The van der Waals surface area contributed by atoms with Crippen molar-refractivity contribution in [2.24, 2.45) is 0 Å². The Balaban J connectivity index is 2.48. The summed E-state index contributed by atoms with van der Waals surface area (Å²) in [5, 5.41) is 0.397. The van der Waals surface area contributed by atoms with E-state index in [1.807, 2.05) is 19.1 Å². The first-order chi connectivity index (χ1) is 8.50. The number of hydrogen-bond acceptors (Lipinski definition) is 2. The number of ketones is 1. The zero-order valence-corrected chi connectivity index (χ0v) is 12.0. The lowest BCUT2D eigenvalue weighted by Crippen LogP contribution is -2.04. The molecule has 2 aromatic carbocycles. The van der Waals surface area contributed by atoms with Crippen LogP contribution in [0, 0.1) is 6.92 Å². The number of carbonyl (C=O) groups excluding carboxylic acids is 1. The van der Waals surface area contributed by atoms with Crippen molar-refractivity contribution in [2.75, 3.05) is 5.73 Å². The van der Waals surface area contributed by atoms with Crippen LogP contribution in [-0.4, -0.2) is 5.78 Å². The van der Waals surface area contributed by atoms with Crippen LogP contribution in [0.25, 0.3) is 0 Å². The summed E-state index contributed by atoms with van der Waals surface area (Å²) in [5.74, 6) is -0.0595. The molecular weight excluding hydrogens is 314 g/mol. The summed E-state index contributed by atoms with van der Waals surface area (Å²) in [7, 11) is 0. The van der Waals surface area contributed by atoms with Crippen molar-refractivity contribution < 1.29 is 4.79 Å². The Hall–Kier alpha value is -1.32. The largest absolute Gasteiger partial charge is 0.398 e. The molecule has 2 aromatic rings. The quantitative estimate of drug-likeness (QED) is 0.664. The second kappa shape index (κ2) is 5.12. The molecule has 0 aromatic heterocycles. The van der Waals surface area contributed by atoms with Gasteiger partial charge in [0.2, 0.25) is 0 Å². The first kappa shape index (κ1) is 13.1. The van der Waals surface area contributed by atoms with Crippen molar-refractivity contribution in [3.05, 3.63) is 62.6 Å². The van der Waals surface area contributed by atoms with Crippen molar-refractivity contribution in [2.45, 2.75) is 6.92 Å². The van der Waals surface area contributed by atoms with E-state index in [4.69, 9.17) is 17.3 Å². The van der Waals surface area contributed by atoms with Gasteiger partial charge in [0.15, 0.2) is 5.78 Å². The molecule has 2 N–H and O–H groups in total. The zero-order chi connectivity index (χ0) is 13.3. The third-order valence-corrected chi connectivity index (χ3v) is 3.96. The molecule has 0 radical (unpaired) electrons. The van der Waals surface area contributed by atoms with E-state index >= 15 is 0 Å². The first-order valence-corrected chi connectivity index (χ1v) is 6.52. The van der Waals surface area contributed by atoms with Crippen LogP contribution in [0.2, 0.25) is 5.02 Å². The van der Waals surface area contributed by atoms with Crippen LogP contribution >= 0.6 is 27.5 Å². The van der Waals surface area contributed by atoms with E-state index in [1.54, 1.807) is 24.3 Å². The minimum atomic E-state index is -0.0595. The lowest BCUT2D eigenvalue weighted by atomic mass is 9.99. The van der Waals surface area contributed by atoms with E-state index in [-0.39, 0.29) is 5.78 Å². The molecule has 18 heavy (non-hydrogen) atoms. The van der Waals surface area contributed by atoms with Gasteiger partial charge in [-0.3, -0.25) is 4.79 Å². The van der Waals surface area contributed by atoms with Crippen LogP contribution in [0.15, 0.2) is 40.9 Å². The van der Waals surface area contributed by atoms with Crippen LogP contribution in [-0.2, 0) is 0 Å². The van der Waals surface area contributed by atoms with Crippen molar-refractivity contribution in [3.63, 3.8) is 0 Å². The Morgan fingerprint density at radius 1 is 1.28 bits per heavy atom. The van der Waals surface area contributed by atoms with Gasteiger partial charge in [-0.2, -0.15) is 0 Å². The molecule has 92 valence electrons. The number of rotatable bonds is 2. The zero-order valence-electron chi connectivity index (χ0n) is 9.71. The highest BCUT2D eigenvalue weighted by Crippen LogP contribution is 2.25. The molecule has 0 amide bonds. The van der Waals surface area contributed by atoms with Crippen molar-refractivity contribution in [3.8, 4) is 0 Å². The lowest BCUT2D eigenvalue weighted by molar-refractivity contribution is 0.103. The summed E-state index contributed by atoms with van der Waals surface area (Å²) in [6, 6.07) is 10.5. The maximum atomic E-state index is 12.4. The number of benzene rings is 2. The Morgan fingerprint density at radius 2 is 2.00 bits per heavy atom. The van der Waals surface area contributed by atoms with Gasteiger partial charge in [-0.15, -0.1) is 0 Å². The molecular formula is C14H11BrClNO. The van der Waals surface area contributed by atoms with Crippen molar-refractivity contribution in [1.82, 2.24) is 0 Å². The minimum Gasteiger partial charge on any atom is -0.398 e. The molecule has 0 aliphatic carbocycles. The van der Waals surface area contributed by atoms with Gasteiger partial charge in [-0.05, 0) is 36.8 Å². The molecule has 2 nitrogen and oxygen atoms in total. The predicted molar refractivity (Wildman–Crippen MR) is 78.2 cm³/mol. The third kappa shape index (κ3) is 2.42. The Morgan fingerprint density at radius 3 is 2.67 bits per heavy atom. The van der Waals surface area contributed by atoms with Gasteiger partial charge in [-0.1, -0.05) is 39.7 Å². The lowest BCUT2D eigenvalue weighted by Gasteiger charge is -2.07. The van der Waals surface area contributed by atoms with Crippen molar-refractivity contribution >= 4 is 39.0 Å². The standard InChI is InChI=1S/C14H11BrClNO/c1-8-10(3-2-4-11(8)15)14(18)9-5-6-13(17)12(16)7-9/h2-7H,17H2,1H3. The highest BCUT2D eigenvalue weighted by molar-refractivity contribution is 9.10. The van der Waals surface area contributed by atoms with Crippen molar-refractivity contribution in [1.29, 1.82) is 0 Å². The topological polar surface area (TPSA) is 43.1 Å². The number of hydrogen-bond donors (Lipinski definition) is 1. The number of nitrogens with two attached hydrogens (primary N) is 1. The number of carbonyl (C=O) groups is 1. The van der Waals surface area contributed by atoms with Crippen LogP contribution < -0.4 is 5.73 Å². The van der Waals surface area contributed by atoms with E-state index in [0.29, 0.717) is 21.8 Å². The molecule has 0 saturated carbocycles. The molecule has 0 unspecified atom stereocenters. The Kier molecular flexibility index (Phi) is 3.73. The van der Waals surface area contributed by atoms with Gasteiger partial charge < -0.3 is 5.73 Å². The third-order valence-electron chi connectivity index (χ3n) is 2.77. The second-order valence-electron chi connectivity index (χ2n) is 3.98. The summed E-state index contributed by atoms with van der Waals surface area (Å²) in [4.78, 5) is 12.4. The van der Waals surface area contributed by atoms with Gasteiger partial charge in [0.25, 0.3) is 0 Å². The molecule has 4 heteroatoms. The fourth-order valence-corrected chi connectivity index (χ4v) is 2.22. The molecule has 2 rings (SSSR count). The van der Waals surface area contributed by atoms with Gasteiger partial charge in [0, 0.05) is 15.6 Å². The average Bonchev–Trinajstić information content (AvgIpc) is 2.35. The second-order valence-corrected chi connectivity index (χ2v) is 5.24. The normalized spacial score (nSPS) is 10.4. The van der Waals surface area contributed by atoms with E-state index in [0.717, 1.165) is 10.0 Å². The van der Waals surface area contributed by atoms with Gasteiger partial charge in [0.1, 0.15) is 0 Å². The SMILES string of the molecule is Cc1c(Br)cccc1C(=O)c1ccc(N)c(Cl)c1. The van der Waals surface area contributed by atoms with Gasteiger partial charge in [0.05, 0.1) is 10.7 Å². The summed E-state index contributed by atoms with van der Waals surface area (Å²) in [5.41, 5.74) is 8.21. The summed E-state index contributed by atoms with van der Waals surface area (Å²) < 4.78 is 0.912. The molecule has 0 aliphatic rings. The van der Waals surface area contributed by atoms with E-state index < -0.39 is 0 Å². The molecule has 0 aliphatic heterocycles. The maximum Gasteiger partial charge on any atom is 0.193 e. The fourth-order valence-electron chi connectivity index (χ4n) is 1.68. The van der Waals surface area contributed by atoms with Crippen LogP contribution in [0.4, 0.5) is 5.69 Å². The van der Waals surface area contributed by atoms with Gasteiger partial charge in [-0.25, -0.2) is 0 Å². The molecule has 0 fully saturated rings. The average molecular weight is 325 g/mol. The van der Waals surface area contributed by atoms with Gasteiger partial charge >= 0.3 is 0 Å². The predicted octanol–water partition coefficient (Wildman–Crippen LogP) is 4.22. The highest BCUT2D eigenvalue weighted by Gasteiger charge is 2.13. The molecule has 0 spiro atoms. The van der Waals surface area contributed by atoms with Crippen LogP contribution in [0.1, 0.15) is 21.5 Å². The Labute approximate surface area is 119 Å². The highest BCUT2D eigenvalue weighted by atomic mass is 79.9. The first-order valence-electron chi connectivity index (χ1n) is 5.35. The van der Waals surface area contributed by atoms with Crippen LogP contribution in [0.5, 0.6) is 0 Å². The molecule has 0 heterocycles. The molecule has 0 bridgehead atoms.